The van der Waals surface area contributed by atoms with Gasteiger partial charge in [-0.3, -0.25) is 0 Å². The van der Waals surface area contributed by atoms with Crippen molar-refractivity contribution >= 4 is 22.9 Å². The molecule has 3 atom stereocenters. The van der Waals surface area contributed by atoms with Gasteiger partial charge in [-0.05, 0) is 55.4 Å². The third-order valence-electron chi connectivity index (χ3n) is 3.49. The molecule has 0 saturated heterocycles. The second-order valence-electron chi connectivity index (χ2n) is 4.81. The lowest BCUT2D eigenvalue weighted by molar-refractivity contribution is 0.276. The minimum atomic E-state index is 0.432. The van der Waals surface area contributed by atoms with Gasteiger partial charge in [-0.25, -0.2) is 0 Å². The van der Waals surface area contributed by atoms with Crippen LogP contribution in [-0.4, -0.2) is 5.38 Å². The van der Waals surface area contributed by atoms with Crippen LogP contribution in [0.4, 0.5) is 0 Å². The monoisotopic (exact) mass is 242 g/mol. The van der Waals surface area contributed by atoms with Crippen molar-refractivity contribution < 1.29 is 0 Å². The minimum Gasteiger partial charge on any atom is -0.149 e. The van der Waals surface area contributed by atoms with Crippen LogP contribution in [0.15, 0.2) is 17.5 Å². The van der Waals surface area contributed by atoms with Crippen LogP contribution in [0, 0.1) is 11.8 Å². The lowest BCUT2D eigenvalue weighted by Gasteiger charge is -2.31. The topological polar surface area (TPSA) is 0 Å². The Balaban J connectivity index is 1.82. The Morgan fingerprint density at radius 2 is 2.33 bits per heavy atom. The van der Waals surface area contributed by atoms with Crippen molar-refractivity contribution in [2.45, 2.75) is 44.4 Å². The Kier molecular flexibility index (Phi) is 4.10. The first kappa shape index (κ1) is 11.5. The third kappa shape index (κ3) is 3.22. The number of hydrogen-bond acceptors (Lipinski definition) is 1. The molecule has 1 heterocycles. The molecular weight excluding hydrogens is 224 g/mol. The zero-order chi connectivity index (χ0) is 10.7. The fourth-order valence-electron chi connectivity index (χ4n) is 2.54. The number of aryl methyl sites for hydroxylation is 1. The summed E-state index contributed by atoms with van der Waals surface area (Å²) in [7, 11) is 0. The van der Waals surface area contributed by atoms with E-state index in [4.69, 9.17) is 11.6 Å². The molecule has 1 aromatic rings. The van der Waals surface area contributed by atoms with Crippen molar-refractivity contribution in [1.29, 1.82) is 0 Å². The molecule has 0 nitrogen and oxygen atoms in total. The molecule has 0 radical (unpaired) electrons. The summed E-state index contributed by atoms with van der Waals surface area (Å²) in [5.74, 6) is 1.63. The van der Waals surface area contributed by atoms with Gasteiger partial charge in [-0.15, -0.1) is 22.9 Å². The molecule has 1 fully saturated rings. The molecule has 84 valence electrons. The van der Waals surface area contributed by atoms with Crippen LogP contribution in [0.2, 0.25) is 0 Å². The summed E-state index contributed by atoms with van der Waals surface area (Å²) in [6.07, 6.45) is 6.37. The molecule has 1 saturated carbocycles. The molecule has 2 rings (SSSR count). The van der Waals surface area contributed by atoms with Crippen LogP contribution in [0.1, 0.15) is 37.5 Å². The van der Waals surface area contributed by atoms with Crippen LogP contribution in [0.3, 0.4) is 0 Å². The van der Waals surface area contributed by atoms with Crippen molar-refractivity contribution in [3.63, 3.8) is 0 Å². The summed E-state index contributed by atoms with van der Waals surface area (Å²) in [6, 6.07) is 4.38. The predicted molar refractivity (Wildman–Crippen MR) is 68.8 cm³/mol. The molecule has 15 heavy (non-hydrogen) atoms. The predicted octanol–water partition coefficient (Wildman–Crippen LogP) is 4.72. The number of rotatable bonds is 3. The summed E-state index contributed by atoms with van der Waals surface area (Å²) in [4.78, 5) is 1.51. The molecule has 0 aromatic carbocycles. The molecule has 1 aliphatic carbocycles. The summed E-state index contributed by atoms with van der Waals surface area (Å²) < 4.78 is 0. The van der Waals surface area contributed by atoms with Gasteiger partial charge in [0.05, 0.1) is 0 Å². The van der Waals surface area contributed by atoms with E-state index in [1.165, 1.54) is 37.0 Å². The molecule has 3 unspecified atom stereocenters. The molecule has 0 aliphatic heterocycles. The highest BCUT2D eigenvalue weighted by atomic mass is 35.5. The third-order valence-corrected chi connectivity index (χ3v) is 5.00. The molecule has 0 spiro atoms. The van der Waals surface area contributed by atoms with E-state index in [1.807, 2.05) is 11.3 Å². The quantitative estimate of drug-likeness (QED) is 0.673. The van der Waals surface area contributed by atoms with Crippen LogP contribution < -0.4 is 0 Å². The molecule has 0 amide bonds. The summed E-state index contributed by atoms with van der Waals surface area (Å²) in [5.41, 5.74) is 0. The van der Waals surface area contributed by atoms with E-state index in [1.54, 1.807) is 0 Å². The molecule has 1 aliphatic rings. The number of alkyl halides is 1. The van der Waals surface area contributed by atoms with Gasteiger partial charge in [0, 0.05) is 10.3 Å². The second kappa shape index (κ2) is 5.36. The highest BCUT2D eigenvalue weighted by Crippen LogP contribution is 2.35. The average molecular weight is 243 g/mol. The van der Waals surface area contributed by atoms with Crippen molar-refractivity contribution in [2.75, 3.05) is 0 Å². The summed E-state index contributed by atoms with van der Waals surface area (Å²) in [5, 5.41) is 2.60. The Bertz CT molecular complexity index is 281. The van der Waals surface area contributed by atoms with Crippen LogP contribution in [-0.2, 0) is 6.42 Å². The maximum atomic E-state index is 6.39. The Labute approximate surface area is 102 Å². The van der Waals surface area contributed by atoms with Crippen LogP contribution >= 0.6 is 22.9 Å². The van der Waals surface area contributed by atoms with Crippen molar-refractivity contribution in [1.82, 2.24) is 0 Å². The first-order valence-corrected chi connectivity index (χ1v) is 7.23. The molecular formula is C13H19ClS. The highest BCUT2D eigenvalue weighted by Gasteiger charge is 2.26. The minimum absolute atomic E-state index is 0.432. The van der Waals surface area contributed by atoms with Crippen molar-refractivity contribution in [3.8, 4) is 0 Å². The normalized spacial score (nSPS) is 31.7. The summed E-state index contributed by atoms with van der Waals surface area (Å²) >= 11 is 8.26. The number of thiophene rings is 1. The van der Waals surface area contributed by atoms with Crippen LogP contribution in [0.25, 0.3) is 0 Å². The lowest BCUT2D eigenvalue weighted by atomic mass is 9.80. The summed E-state index contributed by atoms with van der Waals surface area (Å²) in [6.45, 7) is 2.36. The van der Waals surface area contributed by atoms with E-state index in [2.05, 4.69) is 24.4 Å². The molecule has 0 bridgehead atoms. The van der Waals surface area contributed by atoms with Crippen molar-refractivity contribution in [2.24, 2.45) is 11.8 Å². The lowest BCUT2D eigenvalue weighted by Crippen LogP contribution is -2.24. The van der Waals surface area contributed by atoms with Gasteiger partial charge in [0.25, 0.3) is 0 Å². The number of halogens is 1. The van der Waals surface area contributed by atoms with E-state index >= 15 is 0 Å². The first-order valence-electron chi connectivity index (χ1n) is 5.92. The fourth-order valence-corrected chi connectivity index (χ4v) is 3.62. The zero-order valence-corrected chi connectivity index (χ0v) is 10.9. The highest BCUT2D eigenvalue weighted by molar-refractivity contribution is 7.09. The van der Waals surface area contributed by atoms with E-state index in [0.717, 1.165) is 11.8 Å². The molecule has 2 heteroatoms. The Hall–Kier alpha value is -0.0100. The smallest absolute Gasteiger partial charge is 0.0364 e. The van der Waals surface area contributed by atoms with E-state index < -0.39 is 0 Å². The van der Waals surface area contributed by atoms with Gasteiger partial charge in [0.2, 0.25) is 0 Å². The van der Waals surface area contributed by atoms with Gasteiger partial charge < -0.3 is 0 Å². The maximum Gasteiger partial charge on any atom is 0.0364 e. The van der Waals surface area contributed by atoms with Gasteiger partial charge in [-0.2, -0.15) is 0 Å². The fraction of sp³-hybridized carbons (Fsp3) is 0.692. The van der Waals surface area contributed by atoms with Gasteiger partial charge in [0.1, 0.15) is 0 Å². The second-order valence-corrected chi connectivity index (χ2v) is 6.41. The molecule has 1 aromatic heterocycles. The van der Waals surface area contributed by atoms with E-state index in [9.17, 15) is 0 Å². The standard InChI is InChI=1S/C13H19ClS/c1-10-4-7-13(14)11(9-10)5-6-12-3-2-8-15-12/h2-3,8,10-11,13H,4-7,9H2,1H3. The van der Waals surface area contributed by atoms with Gasteiger partial charge >= 0.3 is 0 Å². The van der Waals surface area contributed by atoms with E-state index in [-0.39, 0.29) is 0 Å². The van der Waals surface area contributed by atoms with Crippen molar-refractivity contribution in [3.05, 3.63) is 22.4 Å². The Morgan fingerprint density at radius 3 is 3.07 bits per heavy atom. The SMILES string of the molecule is CC1CCC(Cl)C(CCc2cccs2)C1. The molecule has 0 N–H and O–H groups in total. The van der Waals surface area contributed by atoms with Gasteiger partial charge in [-0.1, -0.05) is 13.0 Å². The maximum absolute atomic E-state index is 6.39. The van der Waals surface area contributed by atoms with Crippen LogP contribution in [0.5, 0.6) is 0 Å². The van der Waals surface area contributed by atoms with Gasteiger partial charge in [0.15, 0.2) is 0 Å². The average Bonchev–Trinajstić information content (AvgIpc) is 2.72. The number of hydrogen-bond donors (Lipinski definition) is 0. The Morgan fingerprint density at radius 1 is 1.47 bits per heavy atom. The first-order chi connectivity index (χ1) is 7.25. The zero-order valence-electron chi connectivity index (χ0n) is 9.29. The largest absolute Gasteiger partial charge is 0.149 e. The van der Waals surface area contributed by atoms with E-state index in [0.29, 0.717) is 5.38 Å².